The minimum atomic E-state index is -0.146. The summed E-state index contributed by atoms with van der Waals surface area (Å²) in [6.45, 7) is 3.91. The number of halogens is 1. The average Bonchev–Trinajstić information content (AvgIpc) is 3.72. The van der Waals surface area contributed by atoms with Gasteiger partial charge in [-0.1, -0.05) is 11.6 Å². The Morgan fingerprint density at radius 2 is 2.03 bits per heavy atom. The number of carbonyl (C=O) groups excluding carboxylic acids is 2. The molecule has 0 unspecified atom stereocenters. The van der Waals surface area contributed by atoms with E-state index in [0.717, 1.165) is 37.1 Å². The number of nitrogens with zero attached hydrogens (tertiary/aromatic N) is 2. The van der Waals surface area contributed by atoms with E-state index in [1.165, 1.54) is 23.3 Å². The second kappa shape index (κ2) is 9.06. The number of rotatable bonds is 8. The molecule has 1 aromatic carbocycles. The van der Waals surface area contributed by atoms with Crippen LogP contribution in [0, 0.1) is 18.8 Å². The van der Waals surface area contributed by atoms with E-state index in [0.29, 0.717) is 24.1 Å². The van der Waals surface area contributed by atoms with Crippen LogP contribution in [0.5, 0.6) is 5.75 Å². The number of hydrogen-bond acceptors (Lipinski definition) is 4. The van der Waals surface area contributed by atoms with E-state index in [1.807, 2.05) is 34.9 Å². The first-order valence-electron chi connectivity index (χ1n) is 11.5. The summed E-state index contributed by atoms with van der Waals surface area (Å²) in [6, 6.07) is 7.60. The highest BCUT2D eigenvalue weighted by Crippen LogP contribution is 2.36. The van der Waals surface area contributed by atoms with Crippen LogP contribution in [-0.4, -0.2) is 47.9 Å². The van der Waals surface area contributed by atoms with E-state index >= 15 is 0 Å². The van der Waals surface area contributed by atoms with Crippen molar-refractivity contribution < 1.29 is 14.3 Å². The molecule has 2 amide bonds. The Kier molecular flexibility index (Phi) is 6.17. The number of thiophene rings is 1. The maximum Gasteiger partial charge on any atom is 0.242 e. The lowest BCUT2D eigenvalue weighted by Gasteiger charge is -2.37. The van der Waals surface area contributed by atoms with Gasteiger partial charge in [-0.15, -0.1) is 11.3 Å². The van der Waals surface area contributed by atoms with Gasteiger partial charge in [-0.3, -0.25) is 9.59 Å². The Bertz CT molecular complexity index is 1010. The van der Waals surface area contributed by atoms with E-state index in [-0.39, 0.29) is 30.3 Å². The Balaban J connectivity index is 1.31. The van der Waals surface area contributed by atoms with Gasteiger partial charge in [-0.05, 0) is 85.7 Å². The van der Waals surface area contributed by atoms with Crippen molar-refractivity contribution in [1.82, 2.24) is 9.80 Å². The molecule has 7 heteroatoms. The van der Waals surface area contributed by atoms with E-state index in [1.54, 1.807) is 11.3 Å². The zero-order valence-electron chi connectivity index (χ0n) is 18.4. The molecular formula is C25H29ClN2O3S. The van der Waals surface area contributed by atoms with Gasteiger partial charge in [0, 0.05) is 28.9 Å². The van der Waals surface area contributed by atoms with Crippen LogP contribution in [0.1, 0.15) is 47.7 Å². The number of ether oxygens (including phenoxy) is 1. The van der Waals surface area contributed by atoms with E-state index in [4.69, 9.17) is 16.3 Å². The molecule has 0 spiro atoms. The first kappa shape index (κ1) is 21.8. The van der Waals surface area contributed by atoms with Gasteiger partial charge in [0.2, 0.25) is 11.8 Å². The van der Waals surface area contributed by atoms with Crippen molar-refractivity contribution in [2.24, 2.45) is 11.8 Å². The third-order valence-corrected chi connectivity index (χ3v) is 8.11. The van der Waals surface area contributed by atoms with Crippen LogP contribution in [-0.2, 0) is 16.0 Å². The van der Waals surface area contributed by atoms with Crippen molar-refractivity contribution >= 4 is 34.8 Å². The first-order chi connectivity index (χ1) is 15.5. The lowest BCUT2D eigenvalue weighted by atomic mass is 10.0. The molecule has 1 atom stereocenters. The standard InChI is InChI=1S/C25H29ClN2O3S/c1-16-12-19(6-7-21(16)26)31-15-22-20-9-11-32-23(20)8-10-28(22)24(29)14-27(13-17-2-3-17)25(30)18-4-5-18/h6-7,9,11-12,17-18,22H,2-5,8,10,13-15H2,1H3/t22-/m1/s1. The summed E-state index contributed by atoms with van der Waals surface area (Å²) in [7, 11) is 0. The Hall–Kier alpha value is -2.05. The fraction of sp³-hybridized carbons (Fsp3) is 0.520. The molecule has 1 aliphatic heterocycles. The second-order valence-corrected chi connectivity index (χ2v) is 10.7. The zero-order chi connectivity index (χ0) is 22.2. The van der Waals surface area contributed by atoms with Crippen molar-refractivity contribution in [2.45, 2.75) is 45.1 Å². The van der Waals surface area contributed by atoms with Gasteiger partial charge in [-0.2, -0.15) is 0 Å². The second-order valence-electron chi connectivity index (χ2n) is 9.31. The molecule has 170 valence electrons. The minimum Gasteiger partial charge on any atom is -0.491 e. The largest absolute Gasteiger partial charge is 0.491 e. The Morgan fingerprint density at radius 3 is 2.75 bits per heavy atom. The van der Waals surface area contributed by atoms with Gasteiger partial charge < -0.3 is 14.5 Å². The summed E-state index contributed by atoms with van der Waals surface area (Å²) in [5.74, 6) is 1.66. The van der Waals surface area contributed by atoms with Gasteiger partial charge in [0.05, 0.1) is 12.6 Å². The fourth-order valence-corrected chi connectivity index (χ4v) is 5.49. The quantitative estimate of drug-likeness (QED) is 0.551. The Labute approximate surface area is 198 Å². The first-order valence-corrected chi connectivity index (χ1v) is 12.8. The molecule has 5 rings (SSSR count). The summed E-state index contributed by atoms with van der Waals surface area (Å²) in [5.41, 5.74) is 2.13. The molecule has 0 bridgehead atoms. The van der Waals surface area contributed by atoms with Crippen molar-refractivity contribution in [3.05, 3.63) is 50.7 Å². The SMILES string of the molecule is Cc1cc(OC[C@@H]2c3ccsc3CCN2C(=O)CN(CC2CC2)C(=O)C2CC2)ccc1Cl. The van der Waals surface area contributed by atoms with Crippen LogP contribution in [0.15, 0.2) is 29.6 Å². The van der Waals surface area contributed by atoms with Crippen molar-refractivity contribution in [2.75, 3.05) is 26.2 Å². The molecule has 0 N–H and O–H groups in total. The number of amides is 2. The van der Waals surface area contributed by atoms with Crippen LogP contribution >= 0.6 is 22.9 Å². The number of aryl methyl sites for hydroxylation is 1. The third-order valence-electron chi connectivity index (χ3n) is 6.69. The summed E-state index contributed by atoms with van der Waals surface area (Å²) in [4.78, 5) is 31.4. The average molecular weight is 473 g/mol. The van der Waals surface area contributed by atoms with Gasteiger partial charge >= 0.3 is 0 Å². The van der Waals surface area contributed by atoms with Gasteiger partial charge in [0.1, 0.15) is 12.4 Å². The molecule has 2 heterocycles. The lowest BCUT2D eigenvalue weighted by Crippen LogP contribution is -2.48. The summed E-state index contributed by atoms with van der Waals surface area (Å²) >= 11 is 7.89. The molecule has 5 nitrogen and oxygen atoms in total. The zero-order valence-corrected chi connectivity index (χ0v) is 20.0. The fourth-order valence-electron chi connectivity index (χ4n) is 4.44. The van der Waals surface area contributed by atoms with Gasteiger partial charge in [0.25, 0.3) is 0 Å². The smallest absolute Gasteiger partial charge is 0.242 e. The van der Waals surface area contributed by atoms with Crippen LogP contribution in [0.3, 0.4) is 0 Å². The number of benzene rings is 1. The van der Waals surface area contributed by atoms with E-state index in [9.17, 15) is 9.59 Å². The van der Waals surface area contributed by atoms with Crippen LogP contribution in [0.25, 0.3) is 0 Å². The number of fused-ring (bicyclic) bond motifs is 1. The van der Waals surface area contributed by atoms with Crippen LogP contribution in [0.4, 0.5) is 0 Å². The molecule has 3 aliphatic rings. The molecular weight excluding hydrogens is 444 g/mol. The molecule has 2 aliphatic carbocycles. The summed E-state index contributed by atoms with van der Waals surface area (Å²) < 4.78 is 6.13. The molecule has 2 aromatic rings. The molecule has 2 saturated carbocycles. The number of hydrogen-bond donors (Lipinski definition) is 0. The maximum atomic E-state index is 13.5. The molecule has 32 heavy (non-hydrogen) atoms. The summed E-state index contributed by atoms with van der Waals surface area (Å²) in [5, 5.41) is 2.80. The topological polar surface area (TPSA) is 49.9 Å². The van der Waals surface area contributed by atoms with E-state index in [2.05, 4.69) is 11.4 Å². The Morgan fingerprint density at radius 1 is 1.22 bits per heavy atom. The highest BCUT2D eigenvalue weighted by atomic mass is 35.5. The highest BCUT2D eigenvalue weighted by Gasteiger charge is 2.39. The molecule has 0 radical (unpaired) electrons. The van der Waals surface area contributed by atoms with Crippen LogP contribution < -0.4 is 4.74 Å². The van der Waals surface area contributed by atoms with Crippen molar-refractivity contribution in [3.63, 3.8) is 0 Å². The van der Waals surface area contributed by atoms with Gasteiger partial charge in [0.15, 0.2) is 0 Å². The van der Waals surface area contributed by atoms with Crippen molar-refractivity contribution in [1.29, 1.82) is 0 Å². The number of carbonyl (C=O) groups is 2. The normalized spacial score (nSPS) is 20.1. The predicted molar refractivity (Wildman–Crippen MR) is 126 cm³/mol. The minimum absolute atomic E-state index is 0.0254. The van der Waals surface area contributed by atoms with Crippen molar-refractivity contribution in [3.8, 4) is 5.75 Å². The maximum absolute atomic E-state index is 13.5. The highest BCUT2D eigenvalue weighted by molar-refractivity contribution is 7.10. The molecule has 0 saturated heterocycles. The molecule has 2 fully saturated rings. The molecule has 1 aromatic heterocycles. The van der Waals surface area contributed by atoms with Gasteiger partial charge in [-0.25, -0.2) is 0 Å². The van der Waals surface area contributed by atoms with E-state index < -0.39 is 0 Å². The van der Waals surface area contributed by atoms with Crippen LogP contribution in [0.2, 0.25) is 5.02 Å². The lowest BCUT2D eigenvalue weighted by molar-refractivity contribution is -0.143. The monoisotopic (exact) mass is 472 g/mol. The summed E-state index contributed by atoms with van der Waals surface area (Å²) in [6.07, 6.45) is 5.12. The third kappa shape index (κ3) is 4.81. The predicted octanol–water partition coefficient (Wildman–Crippen LogP) is 4.86.